The average Bonchev–Trinajstić information content (AvgIpc) is 3.61. The maximum absolute atomic E-state index is 13.5. The molecule has 2 aromatic heterocycles. The van der Waals surface area contributed by atoms with Crippen molar-refractivity contribution >= 4 is 5.91 Å². The van der Waals surface area contributed by atoms with Crippen LogP contribution in [0.25, 0.3) is 5.69 Å². The van der Waals surface area contributed by atoms with Gasteiger partial charge in [-0.25, -0.2) is 9.37 Å². The summed E-state index contributed by atoms with van der Waals surface area (Å²) >= 11 is 0. The van der Waals surface area contributed by atoms with Gasteiger partial charge in [0.2, 0.25) is 0 Å². The molecule has 0 aliphatic carbocycles. The highest BCUT2D eigenvalue weighted by molar-refractivity contribution is 5.95. The van der Waals surface area contributed by atoms with E-state index < -0.39 is 0 Å². The van der Waals surface area contributed by atoms with Gasteiger partial charge in [-0.2, -0.15) is 9.78 Å². The molecule has 2 aromatic carbocycles. The van der Waals surface area contributed by atoms with E-state index in [0.29, 0.717) is 42.5 Å². The van der Waals surface area contributed by atoms with Crippen LogP contribution in [0.15, 0.2) is 48.5 Å². The molecule has 1 fully saturated rings. The quantitative estimate of drug-likeness (QED) is 0.438. The van der Waals surface area contributed by atoms with Gasteiger partial charge in [0.25, 0.3) is 5.91 Å². The Balaban J connectivity index is 1.34. The number of aromatic nitrogens is 7. The Kier molecular flexibility index (Phi) is 6.32. The number of carbonyl (C=O) groups excluding carboxylic acids is 1. The topological polar surface area (TPSA) is 109 Å². The minimum Gasteiger partial charge on any atom is -0.328 e. The highest BCUT2D eigenvalue weighted by Crippen LogP contribution is 2.31. The Morgan fingerprint density at radius 2 is 2.03 bits per heavy atom. The van der Waals surface area contributed by atoms with E-state index in [1.54, 1.807) is 22.9 Å². The van der Waals surface area contributed by atoms with Crippen molar-refractivity contribution in [2.75, 3.05) is 20.6 Å². The van der Waals surface area contributed by atoms with E-state index >= 15 is 0 Å². The Morgan fingerprint density at radius 1 is 1.20 bits per heavy atom. The van der Waals surface area contributed by atoms with Gasteiger partial charge in [-0.3, -0.25) is 9.89 Å². The first-order valence-corrected chi connectivity index (χ1v) is 11.5. The van der Waals surface area contributed by atoms with Crippen LogP contribution in [-0.4, -0.2) is 71.7 Å². The maximum Gasteiger partial charge on any atom is 0.254 e. The Bertz CT molecular complexity index is 1310. The van der Waals surface area contributed by atoms with Gasteiger partial charge >= 0.3 is 0 Å². The van der Waals surface area contributed by atoms with Gasteiger partial charge in [0.1, 0.15) is 11.6 Å². The summed E-state index contributed by atoms with van der Waals surface area (Å²) in [6.45, 7) is 1.21. The molecule has 4 aromatic rings. The largest absolute Gasteiger partial charge is 0.328 e. The number of rotatable bonds is 7. The SMILES string of the molecule is CN(C)Cc1nnnn1-c1cccc(C(=O)N2CCCC2c2n[nH]c(Cc3ccc(F)cc3)n2)c1. The van der Waals surface area contributed by atoms with Gasteiger partial charge in [-0.15, -0.1) is 5.10 Å². The average molecular weight is 476 g/mol. The Labute approximate surface area is 201 Å². The number of amides is 1. The van der Waals surface area contributed by atoms with Crippen molar-refractivity contribution in [3.8, 4) is 5.69 Å². The lowest BCUT2D eigenvalue weighted by atomic mass is 10.1. The number of likely N-dealkylation sites (tertiary alicyclic amines) is 1. The highest BCUT2D eigenvalue weighted by atomic mass is 19.1. The van der Waals surface area contributed by atoms with Crippen LogP contribution in [0.1, 0.15) is 52.3 Å². The molecular formula is C24H26FN9O. The molecule has 1 aliphatic rings. The fourth-order valence-electron chi connectivity index (χ4n) is 4.34. The van der Waals surface area contributed by atoms with E-state index in [1.165, 1.54) is 12.1 Å². The number of tetrazole rings is 1. The molecule has 1 saturated heterocycles. The lowest BCUT2D eigenvalue weighted by Crippen LogP contribution is -2.31. The van der Waals surface area contributed by atoms with Gasteiger partial charge in [0.15, 0.2) is 11.6 Å². The van der Waals surface area contributed by atoms with Crippen LogP contribution in [0.4, 0.5) is 4.39 Å². The second-order valence-electron chi connectivity index (χ2n) is 8.90. The molecule has 11 heteroatoms. The van der Waals surface area contributed by atoms with Crippen LogP contribution in [0.5, 0.6) is 0 Å². The van der Waals surface area contributed by atoms with E-state index in [2.05, 4.69) is 30.7 Å². The molecular weight excluding hydrogens is 449 g/mol. The van der Waals surface area contributed by atoms with Gasteiger partial charge < -0.3 is 9.80 Å². The van der Waals surface area contributed by atoms with Crippen LogP contribution < -0.4 is 0 Å². The minimum absolute atomic E-state index is 0.0820. The van der Waals surface area contributed by atoms with Crippen molar-refractivity contribution in [1.29, 1.82) is 0 Å². The molecule has 0 bridgehead atoms. The summed E-state index contributed by atoms with van der Waals surface area (Å²) in [6.07, 6.45) is 2.17. The molecule has 5 rings (SSSR count). The van der Waals surface area contributed by atoms with E-state index in [0.717, 1.165) is 24.1 Å². The number of nitrogens with one attached hydrogen (secondary N) is 1. The molecule has 180 valence electrons. The number of hydrogen-bond acceptors (Lipinski definition) is 7. The fraction of sp³-hybridized carbons (Fsp3) is 0.333. The summed E-state index contributed by atoms with van der Waals surface area (Å²) in [5.74, 6) is 1.61. The number of carbonyl (C=O) groups is 1. The summed E-state index contributed by atoms with van der Waals surface area (Å²) in [4.78, 5) is 21.9. The smallest absolute Gasteiger partial charge is 0.254 e. The molecule has 3 heterocycles. The summed E-state index contributed by atoms with van der Waals surface area (Å²) < 4.78 is 14.8. The van der Waals surface area contributed by atoms with Crippen molar-refractivity contribution in [3.05, 3.63) is 82.9 Å². The summed E-state index contributed by atoms with van der Waals surface area (Å²) in [6, 6.07) is 13.4. The molecule has 1 unspecified atom stereocenters. The second-order valence-corrected chi connectivity index (χ2v) is 8.90. The zero-order valence-corrected chi connectivity index (χ0v) is 19.6. The summed E-state index contributed by atoms with van der Waals surface area (Å²) in [5.41, 5.74) is 2.22. The molecule has 0 spiro atoms. The van der Waals surface area contributed by atoms with Crippen LogP contribution in [0, 0.1) is 5.82 Å². The van der Waals surface area contributed by atoms with Gasteiger partial charge in [0, 0.05) is 18.5 Å². The van der Waals surface area contributed by atoms with Crippen molar-refractivity contribution < 1.29 is 9.18 Å². The number of H-pyrrole nitrogens is 1. The van der Waals surface area contributed by atoms with Gasteiger partial charge in [0.05, 0.1) is 18.3 Å². The predicted molar refractivity (Wildman–Crippen MR) is 125 cm³/mol. The maximum atomic E-state index is 13.5. The van der Waals surface area contributed by atoms with Gasteiger partial charge in [-0.1, -0.05) is 18.2 Å². The second kappa shape index (κ2) is 9.71. The Morgan fingerprint density at radius 3 is 2.83 bits per heavy atom. The third-order valence-corrected chi connectivity index (χ3v) is 5.97. The third-order valence-electron chi connectivity index (χ3n) is 5.97. The fourth-order valence-corrected chi connectivity index (χ4v) is 4.34. The summed E-state index contributed by atoms with van der Waals surface area (Å²) in [7, 11) is 3.89. The standard InChI is InChI=1S/C24H26FN9O/c1-32(2)15-22-28-30-31-34(22)19-6-3-5-17(14-19)24(35)33-12-4-7-20(33)23-26-21(27-29-23)13-16-8-10-18(25)11-9-16/h3,5-6,8-11,14,20H,4,7,12-13,15H2,1-2H3,(H,26,27,29). The highest BCUT2D eigenvalue weighted by Gasteiger charge is 2.33. The number of hydrogen-bond donors (Lipinski definition) is 1. The van der Waals surface area contributed by atoms with E-state index in [4.69, 9.17) is 0 Å². The van der Waals surface area contributed by atoms with Gasteiger partial charge in [-0.05, 0) is 73.3 Å². The van der Waals surface area contributed by atoms with Crippen molar-refractivity contribution in [1.82, 2.24) is 45.2 Å². The number of halogens is 1. The molecule has 1 amide bonds. The monoisotopic (exact) mass is 475 g/mol. The molecule has 1 aliphatic heterocycles. The minimum atomic E-state index is -0.273. The van der Waals surface area contributed by atoms with Crippen LogP contribution in [0.3, 0.4) is 0 Å². The molecule has 1 N–H and O–H groups in total. The molecule has 0 saturated carbocycles. The normalized spacial score (nSPS) is 15.8. The zero-order valence-electron chi connectivity index (χ0n) is 19.6. The molecule has 1 atom stereocenters. The van der Waals surface area contributed by atoms with Crippen LogP contribution >= 0.6 is 0 Å². The van der Waals surface area contributed by atoms with E-state index in [9.17, 15) is 9.18 Å². The molecule has 35 heavy (non-hydrogen) atoms. The number of aromatic amines is 1. The Hall–Kier alpha value is -3.99. The zero-order chi connectivity index (χ0) is 24.4. The van der Waals surface area contributed by atoms with Crippen LogP contribution in [0.2, 0.25) is 0 Å². The number of nitrogens with zero attached hydrogens (tertiary/aromatic N) is 8. The lowest BCUT2D eigenvalue weighted by Gasteiger charge is -2.23. The summed E-state index contributed by atoms with van der Waals surface area (Å²) in [5, 5.41) is 19.4. The lowest BCUT2D eigenvalue weighted by molar-refractivity contribution is 0.0730. The first kappa shape index (κ1) is 22.8. The first-order chi connectivity index (χ1) is 17.0. The van der Waals surface area contributed by atoms with E-state index in [-0.39, 0.29) is 17.8 Å². The van der Waals surface area contributed by atoms with Crippen molar-refractivity contribution in [3.63, 3.8) is 0 Å². The first-order valence-electron chi connectivity index (χ1n) is 11.5. The van der Waals surface area contributed by atoms with Crippen molar-refractivity contribution in [2.24, 2.45) is 0 Å². The predicted octanol–water partition coefficient (Wildman–Crippen LogP) is 2.55. The third kappa shape index (κ3) is 4.94. The van der Waals surface area contributed by atoms with E-state index in [1.807, 2.05) is 42.1 Å². The van der Waals surface area contributed by atoms with Crippen LogP contribution in [-0.2, 0) is 13.0 Å². The van der Waals surface area contributed by atoms with Crippen molar-refractivity contribution in [2.45, 2.75) is 31.8 Å². The number of benzene rings is 2. The molecule has 10 nitrogen and oxygen atoms in total. The molecule has 0 radical (unpaired) electrons.